The summed E-state index contributed by atoms with van der Waals surface area (Å²) in [6.07, 6.45) is 2.32. The SMILES string of the molecule is C[C@H](C(=O)Nc1ccc2nc[nH]c(=O)c2c1)N1CCc2ccccc2C1. The quantitative estimate of drug-likeness (QED) is 0.761. The van der Waals surface area contributed by atoms with Gasteiger partial charge in [-0.15, -0.1) is 0 Å². The van der Waals surface area contributed by atoms with Crippen LogP contribution in [0.3, 0.4) is 0 Å². The Bertz CT molecular complexity index is 1030. The highest BCUT2D eigenvalue weighted by atomic mass is 16.2. The molecule has 4 rings (SSSR count). The summed E-state index contributed by atoms with van der Waals surface area (Å²) in [4.78, 5) is 33.4. The molecule has 1 aliphatic heterocycles. The van der Waals surface area contributed by atoms with E-state index in [0.29, 0.717) is 16.6 Å². The number of H-pyrrole nitrogens is 1. The van der Waals surface area contributed by atoms with Crippen LogP contribution in [-0.4, -0.2) is 33.4 Å². The Morgan fingerprint density at radius 3 is 2.88 bits per heavy atom. The molecule has 132 valence electrons. The highest BCUT2D eigenvalue weighted by Gasteiger charge is 2.25. The minimum atomic E-state index is -0.258. The average molecular weight is 348 g/mol. The predicted octanol–water partition coefficient (Wildman–Crippen LogP) is 2.31. The van der Waals surface area contributed by atoms with Gasteiger partial charge in [-0.2, -0.15) is 0 Å². The van der Waals surface area contributed by atoms with Crippen molar-refractivity contribution in [2.24, 2.45) is 0 Å². The van der Waals surface area contributed by atoms with Crippen LogP contribution in [0.4, 0.5) is 5.69 Å². The molecule has 2 N–H and O–H groups in total. The van der Waals surface area contributed by atoms with Gasteiger partial charge in [-0.1, -0.05) is 24.3 Å². The predicted molar refractivity (Wildman–Crippen MR) is 101 cm³/mol. The van der Waals surface area contributed by atoms with E-state index in [1.807, 2.05) is 13.0 Å². The fourth-order valence-electron chi connectivity index (χ4n) is 3.41. The van der Waals surface area contributed by atoms with Gasteiger partial charge in [-0.25, -0.2) is 4.98 Å². The number of anilines is 1. The van der Waals surface area contributed by atoms with Crippen molar-refractivity contribution >= 4 is 22.5 Å². The smallest absolute Gasteiger partial charge is 0.258 e. The summed E-state index contributed by atoms with van der Waals surface area (Å²) < 4.78 is 0. The van der Waals surface area contributed by atoms with Gasteiger partial charge in [0.25, 0.3) is 5.56 Å². The molecule has 26 heavy (non-hydrogen) atoms. The molecule has 0 saturated heterocycles. The molecule has 0 unspecified atom stereocenters. The van der Waals surface area contributed by atoms with E-state index in [2.05, 4.69) is 38.4 Å². The molecule has 3 aromatic rings. The lowest BCUT2D eigenvalue weighted by Crippen LogP contribution is -2.44. The van der Waals surface area contributed by atoms with Crippen molar-refractivity contribution in [3.8, 4) is 0 Å². The van der Waals surface area contributed by atoms with E-state index in [4.69, 9.17) is 0 Å². The second kappa shape index (κ2) is 6.72. The number of nitrogens with zero attached hydrogens (tertiary/aromatic N) is 2. The largest absolute Gasteiger partial charge is 0.325 e. The van der Waals surface area contributed by atoms with Gasteiger partial charge < -0.3 is 10.3 Å². The summed E-state index contributed by atoms with van der Waals surface area (Å²) in [7, 11) is 0. The van der Waals surface area contributed by atoms with Crippen LogP contribution < -0.4 is 10.9 Å². The van der Waals surface area contributed by atoms with E-state index in [1.165, 1.54) is 17.5 Å². The number of aromatic amines is 1. The van der Waals surface area contributed by atoms with Gasteiger partial charge in [0.2, 0.25) is 5.91 Å². The minimum absolute atomic E-state index is 0.0796. The van der Waals surface area contributed by atoms with E-state index in [0.717, 1.165) is 19.5 Å². The Morgan fingerprint density at radius 2 is 2.04 bits per heavy atom. The highest BCUT2D eigenvalue weighted by Crippen LogP contribution is 2.21. The fourth-order valence-corrected chi connectivity index (χ4v) is 3.41. The van der Waals surface area contributed by atoms with Crippen LogP contribution in [0.5, 0.6) is 0 Å². The Balaban J connectivity index is 1.50. The second-order valence-electron chi connectivity index (χ2n) is 6.62. The fraction of sp³-hybridized carbons (Fsp3) is 0.250. The number of nitrogens with one attached hydrogen (secondary N) is 2. The first kappa shape index (κ1) is 16.5. The Morgan fingerprint density at radius 1 is 1.23 bits per heavy atom. The zero-order chi connectivity index (χ0) is 18.1. The standard InChI is InChI=1S/C20H20N4O2/c1-13(24-9-8-14-4-2-3-5-15(14)11-24)19(25)23-16-6-7-18-17(10-16)20(26)22-12-21-18/h2-7,10,12-13H,8-9,11H2,1H3,(H,23,25)(H,21,22,26)/t13-/m1/s1. The molecule has 0 aliphatic carbocycles. The van der Waals surface area contributed by atoms with Gasteiger partial charge in [0.1, 0.15) is 0 Å². The Kier molecular flexibility index (Phi) is 4.26. The zero-order valence-corrected chi connectivity index (χ0v) is 14.5. The van der Waals surface area contributed by atoms with Crippen molar-refractivity contribution in [2.75, 3.05) is 11.9 Å². The highest BCUT2D eigenvalue weighted by molar-refractivity contribution is 5.96. The van der Waals surface area contributed by atoms with Crippen molar-refractivity contribution < 1.29 is 4.79 Å². The number of carbonyl (C=O) groups is 1. The molecule has 6 heteroatoms. The number of benzene rings is 2. The first-order chi connectivity index (χ1) is 12.6. The molecule has 6 nitrogen and oxygen atoms in total. The average Bonchev–Trinajstić information content (AvgIpc) is 2.67. The van der Waals surface area contributed by atoms with Crippen LogP contribution in [0.15, 0.2) is 53.6 Å². The lowest BCUT2D eigenvalue weighted by Gasteiger charge is -2.32. The van der Waals surface area contributed by atoms with Crippen LogP contribution >= 0.6 is 0 Å². The maximum atomic E-state index is 12.7. The summed E-state index contributed by atoms with van der Waals surface area (Å²) in [5.41, 5.74) is 3.63. The van der Waals surface area contributed by atoms with Crippen molar-refractivity contribution in [2.45, 2.75) is 25.9 Å². The molecule has 1 aliphatic rings. The lowest BCUT2D eigenvalue weighted by atomic mass is 9.99. The van der Waals surface area contributed by atoms with Gasteiger partial charge in [0, 0.05) is 18.8 Å². The molecule has 0 fully saturated rings. The number of hydrogen-bond donors (Lipinski definition) is 2. The molecular formula is C20H20N4O2. The van der Waals surface area contributed by atoms with Gasteiger partial charge in [-0.3, -0.25) is 14.5 Å². The molecule has 2 aromatic carbocycles. The van der Waals surface area contributed by atoms with Crippen molar-refractivity contribution in [1.29, 1.82) is 0 Å². The van der Waals surface area contributed by atoms with Crippen LogP contribution in [0, 0.1) is 0 Å². The summed E-state index contributed by atoms with van der Waals surface area (Å²) in [5, 5.41) is 3.38. The van der Waals surface area contributed by atoms with Gasteiger partial charge in [0.05, 0.1) is 23.3 Å². The molecule has 0 saturated carbocycles. The molecule has 0 spiro atoms. The first-order valence-corrected chi connectivity index (χ1v) is 8.71. The van der Waals surface area contributed by atoms with Crippen LogP contribution in [-0.2, 0) is 17.8 Å². The normalized spacial score (nSPS) is 15.4. The molecular weight excluding hydrogens is 328 g/mol. The maximum absolute atomic E-state index is 12.7. The maximum Gasteiger partial charge on any atom is 0.258 e. The lowest BCUT2D eigenvalue weighted by molar-refractivity contribution is -0.121. The van der Waals surface area contributed by atoms with Crippen LogP contribution in [0.25, 0.3) is 10.9 Å². The number of carbonyl (C=O) groups excluding carboxylic acids is 1. The summed E-state index contributed by atoms with van der Waals surface area (Å²) in [6.45, 7) is 3.54. The minimum Gasteiger partial charge on any atom is -0.325 e. The number of fused-ring (bicyclic) bond motifs is 2. The number of hydrogen-bond acceptors (Lipinski definition) is 4. The van der Waals surface area contributed by atoms with E-state index >= 15 is 0 Å². The number of aromatic nitrogens is 2. The van der Waals surface area contributed by atoms with Gasteiger partial charge in [-0.05, 0) is 42.7 Å². The number of amides is 1. The monoisotopic (exact) mass is 348 g/mol. The van der Waals surface area contributed by atoms with Crippen molar-refractivity contribution in [3.63, 3.8) is 0 Å². The molecule has 1 atom stereocenters. The topological polar surface area (TPSA) is 78.1 Å². The Hall–Kier alpha value is -2.99. The van der Waals surface area contributed by atoms with E-state index < -0.39 is 0 Å². The summed E-state index contributed by atoms with van der Waals surface area (Å²) >= 11 is 0. The summed E-state index contributed by atoms with van der Waals surface area (Å²) in [6, 6.07) is 13.3. The van der Waals surface area contributed by atoms with Gasteiger partial charge >= 0.3 is 0 Å². The molecule has 0 radical (unpaired) electrons. The summed E-state index contributed by atoms with van der Waals surface area (Å²) in [5.74, 6) is -0.0796. The van der Waals surface area contributed by atoms with Crippen molar-refractivity contribution in [3.05, 3.63) is 70.3 Å². The third-order valence-electron chi connectivity index (χ3n) is 5.00. The van der Waals surface area contributed by atoms with Crippen LogP contribution in [0.2, 0.25) is 0 Å². The molecule has 1 aromatic heterocycles. The third-order valence-corrected chi connectivity index (χ3v) is 5.00. The number of rotatable bonds is 3. The van der Waals surface area contributed by atoms with Gasteiger partial charge in [0.15, 0.2) is 0 Å². The third kappa shape index (κ3) is 3.11. The van der Waals surface area contributed by atoms with Crippen molar-refractivity contribution in [1.82, 2.24) is 14.9 Å². The van der Waals surface area contributed by atoms with Crippen LogP contribution in [0.1, 0.15) is 18.1 Å². The molecule has 2 heterocycles. The van der Waals surface area contributed by atoms with E-state index in [9.17, 15) is 9.59 Å². The molecule has 0 bridgehead atoms. The van der Waals surface area contributed by atoms with E-state index in [-0.39, 0.29) is 17.5 Å². The Labute approximate surface area is 150 Å². The first-order valence-electron chi connectivity index (χ1n) is 8.71. The zero-order valence-electron chi connectivity index (χ0n) is 14.5. The van der Waals surface area contributed by atoms with E-state index in [1.54, 1.807) is 18.2 Å². The molecule has 1 amide bonds. The second-order valence-corrected chi connectivity index (χ2v) is 6.62.